The standard InChI is InChI=1S/C12H17NO.2ClH.Zr/c1-12(2,3)10-7-5-6-9(8-13-4)11(10)14;;;/h5-8,14H,1-4H3;2*1H;/q;;;+2/p-2. The molecule has 0 saturated heterocycles. The van der Waals surface area contributed by atoms with Gasteiger partial charge < -0.3 is 5.11 Å². The van der Waals surface area contributed by atoms with Crippen LogP contribution in [0.3, 0.4) is 0 Å². The van der Waals surface area contributed by atoms with E-state index in [0.29, 0.717) is 5.75 Å². The molecule has 0 aliphatic heterocycles. The molecule has 0 amide bonds. The Balaban J connectivity index is 0.000000770. The van der Waals surface area contributed by atoms with E-state index in [1.54, 1.807) is 13.3 Å². The second-order valence-corrected chi connectivity index (χ2v) is 8.18. The van der Waals surface area contributed by atoms with Gasteiger partial charge >= 0.3 is 37.9 Å². The minimum atomic E-state index is -0.826. The van der Waals surface area contributed by atoms with Gasteiger partial charge in [-0.1, -0.05) is 32.9 Å². The number of phenols is 1. The van der Waals surface area contributed by atoms with E-state index in [1.165, 1.54) is 0 Å². The van der Waals surface area contributed by atoms with E-state index in [0.717, 1.165) is 11.1 Å². The number of nitrogens with zero attached hydrogens (tertiary/aromatic N) is 1. The third-order valence-corrected chi connectivity index (χ3v) is 2.14. The molecule has 1 aromatic rings. The van der Waals surface area contributed by atoms with Crippen molar-refractivity contribution in [1.29, 1.82) is 0 Å². The van der Waals surface area contributed by atoms with Crippen molar-refractivity contribution in [2.45, 2.75) is 26.2 Å². The predicted molar refractivity (Wildman–Crippen MR) is 72.0 cm³/mol. The molecule has 1 rings (SSSR count). The summed E-state index contributed by atoms with van der Waals surface area (Å²) in [6.45, 7) is 6.23. The molecule has 0 unspecified atom stereocenters. The van der Waals surface area contributed by atoms with Crippen LogP contribution in [-0.4, -0.2) is 18.4 Å². The average molecular weight is 353 g/mol. The fraction of sp³-hybridized carbons (Fsp3) is 0.417. The molecule has 0 heterocycles. The SMILES string of the molecule is CN=Cc1cccc(C(C)(C)C)c1O.[Cl][Zr][Cl]. The van der Waals surface area contributed by atoms with Gasteiger partial charge in [-0.3, -0.25) is 4.99 Å². The number of rotatable bonds is 1. The van der Waals surface area contributed by atoms with Gasteiger partial charge in [0.2, 0.25) is 0 Å². The first-order valence-corrected chi connectivity index (χ1v) is 11.4. The van der Waals surface area contributed by atoms with Gasteiger partial charge in [-0.05, 0) is 17.0 Å². The predicted octanol–water partition coefficient (Wildman–Crippen LogP) is 4.11. The number of hydrogen-bond acceptors (Lipinski definition) is 2. The van der Waals surface area contributed by atoms with Crippen molar-refractivity contribution in [3.05, 3.63) is 29.3 Å². The zero-order valence-corrected chi connectivity index (χ0v) is 14.4. The van der Waals surface area contributed by atoms with Crippen molar-refractivity contribution in [3.8, 4) is 5.75 Å². The molecule has 0 bridgehead atoms. The maximum absolute atomic E-state index is 9.96. The molecule has 0 radical (unpaired) electrons. The molecule has 2 nitrogen and oxygen atoms in total. The summed E-state index contributed by atoms with van der Waals surface area (Å²) in [6.07, 6.45) is 1.67. The number of halogens is 2. The number of hydrogen-bond donors (Lipinski definition) is 1. The van der Waals surface area contributed by atoms with E-state index in [2.05, 4.69) is 25.8 Å². The van der Waals surface area contributed by atoms with Gasteiger partial charge in [0.05, 0.1) is 0 Å². The zero-order chi connectivity index (χ0) is 13.5. The van der Waals surface area contributed by atoms with Crippen LogP contribution in [0.15, 0.2) is 23.2 Å². The first-order valence-electron chi connectivity index (χ1n) is 5.09. The number of aromatic hydroxyl groups is 1. The Kier molecular flexibility index (Phi) is 8.36. The van der Waals surface area contributed by atoms with Crippen LogP contribution >= 0.6 is 17.0 Å². The Morgan fingerprint density at radius 1 is 1.29 bits per heavy atom. The normalized spacial score (nSPS) is 10.9. The third kappa shape index (κ3) is 6.04. The third-order valence-electron chi connectivity index (χ3n) is 2.14. The van der Waals surface area contributed by atoms with E-state index in [1.807, 2.05) is 18.2 Å². The molecule has 0 fully saturated rings. The molecule has 1 N–H and O–H groups in total. The summed E-state index contributed by atoms with van der Waals surface area (Å²) in [4.78, 5) is 3.90. The summed E-state index contributed by atoms with van der Waals surface area (Å²) in [7, 11) is 11.6. The van der Waals surface area contributed by atoms with Crippen molar-refractivity contribution in [2.24, 2.45) is 4.99 Å². The van der Waals surface area contributed by atoms with Crippen LogP contribution in [0.4, 0.5) is 0 Å². The van der Waals surface area contributed by atoms with Gasteiger partial charge in [0, 0.05) is 18.8 Å². The molecule has 1 aromatic carbocycles. The fourth-order valence-electron chi connectivity index (χ4n) is 1.41. The van der Waals surface area contributed by atoms with Crippen LogP contribution in [-0.2, 0) is 26.3 Å². The molecule has 0 aromatic heterocycles. The zero-order valence-electron chi connectivity index (χ0n) is 10.5. The van der Waals surface area contributed by atoms with Crippen LogP contribution in [0, 0.1) is 0 Å². The summed E-state index contributed by atoms with van der Waals surface area (Å²) < 4.78 is 0. The van der Waals surface area contributed by atoms with Crippen LogP contribution in [0.5, 0.6) is 5.75 Å². The Morgan fingerprint density at radius 3 is 2.24 bits per heavy atom. The molecule has 0 atom stereocenters. The minimum absolute atomic E-state index is 0.0400. The molecule has 94 valence electrons. The monoisotopic (exact) mass is 351 g/mol. The van der Waals surface area contributed by atoms with Crippen molar-refractivity contribution >= 4 is 23.2 Å². The van der Waals surface area contributed by atoms with Crippen LogP contribution in [0.25, 0.3) is 0 Å². The number of benzene rings is 1. The summed E-state index contributed by atoms with van der Waals surface area (Å²) in [6, 6.07) is 5.75. The Labute approximate surface area is 122 Å². The molecular formula is C12H17Cl2NOZr. The Morgan fingerprint density at radius 2 is 1.82 bits per heavy atom. The molecule has 5 heteroatoms. The summed E-state index contributed by atoms with van der Waals surface area (Å²) in [5.41, 5.74) is 1.69. The molecule has 0 aliphatic rings. The van der Waals surface area contributed by atoms with Crippen molar-refractivity contribution < 1.29 is 26.0 Å². The summed E-state index contributed by atoms with van der Waals surface area (Å²) in [5.74, 6) is 0.339. The second-order valence-electron chi connectivity index (χ2n) is 4.45. The van der Waals surface area contributed by atoms with Gasteiger partial charge in [0.15, 0.2) is 0 Å². The quantitative estimate of drug-likeness (QED) is 0.757. The van der Waals surface area contributed by atoms with E-state index in [-0.39, 0.29) is 5.41 Å². The molecule has 17 heavy (non-hydrogen) atoms. The number of phenolic OH excluding ortho intramolecular Hbond substituents is 1. The van der Waals surface area contributed by atoms with Crippen LogP contribution in [0.2, 0.25) is 0 Å². The van der Waals surface area contributed by atoms with Crippen molar-refractivity contribution in [3.63, 3.8) is 0 Å². The van der Waals surface area contributed by atoms with Gasteiger partial charge in [0.25, 0.3) is 0 Å². The van der Waals surface area contributed by atoms with Gasteiger partial charge in [-0.15, -0.1) is 0 Å². The topological polar surface area (TPSA) is 32.6 Å². The Hall–Kier alpha value is 0.153. The first-order chi connectivity index (χ1) is 7.88. The van der Waals surface area contributed by atoms with E-state index < -0.39 is 20.8 Å². The molecular weight excluding hydrogens is 336 g/mol. The van der Waals surface area contributed by atoms with E-state index in [9.17, 15) is 5.11 Å². The maximum atomic E-state index is 9.96. The first kappa shape index (κ1) is 17.2. The van der Waals surface area contributed by atoms with Crippen molar-refractivity contribution in [2.75, 3.05) is 7.05 Å². The van der Waals surface area contributed by atoms with Gasteiger partial charge in [0.1, 0.15) is 5.75 Å². The van der Waals surface area contributed by atoms with Crippen LogP contribution < -0.4 is 0 Å². The summed E-state index contributed by atoms with van der Waals surface area (Å²) in [5, 5.41) is 9.96. The van der Waals surface area contributed by atoms with Gasteiger partial charge in [-0.25, -0.2) is 0 Å². The van der Waals surface area contributed by atoms with Gasteiger partial charge in [-0.2, -0.15) is 0 Å². The average Bonchev–Trinajstić information content (AvgIpc) is 2.21. The van der Waals surface area contributed by atoms with E-state index >= 15 is 0 Å². The van der Waals surface area contributed by atoms with E-state index in [4.69, 9.17) is 17.0 Å². The fourth-order valence-corrected chi connectivity index (χ4v) is 1.41. The number of aliphatic imine (C=N–C) groups is 1. The molecule has 0 saturated carbocycles. The molecule has 0 spiro atoms. The van der Waals surface area contributed by atoms with Crippen LogP contribution in [0.1, 0.15) is 31.9 Å². The van der Waals surface area contributed by atoms with Crippen molar-refractivity contribution in [1.82, 2.24) is 0 Å². The number of para-hydroxylation sites is 1. The molecule has 0 aliphatic carbocycles. The second kappa shape index (κ2) is 8.29. The summed E-state index contributed by atoms with van der Waals surface area (Å²) >= 11 is -0.826. The Bertz CT molecular complexity index is 375.